The van der Waals surface area contributed by atoms with Crippen molar-refractivity contribution in [1.82, 2.24) is 5.32 Å². The summed E-state index contributed by atoms with van der Waals surface area (Å²) >= 11 is 5.72. The number of nitro benzene ring substituents is 1. The molecular formula is C15H21ClN2O3. The summed E-state index contributed by atoms with van der Waals surface area (Å²) in [5.41, 5.74) is -0.210. The zero-order chi connectivity index (χ0) is 15.7. The van der Waals surface area contributed by atoms with Crippen LogP contribution in [-0.4, -0.2) is 17.4 Å². The van der Waals surface area contributed by atoms with Crippen molar-refractivity contribution in [3.8, 4) is 0 Å². The highest BCUT2D eigenvalue weighted by atomic mass is 35.5. The molecule has 1 aromatic carbocycles. The number of halogens is 1. The Labute approximate surface area is 129 Å². The van der Waals surface area contributed by atoms with Gasteiger partial charge in [-0.3, -0.25) is 14.9 Å². The van der Waals surface area contributed by atoms with Gasteiger partial charge < -0.3 is 5.32 Å². The molecule has 0 spiro atoms. The molecule has 0 heterocycles. The quantitative estimate of drug-likeness (QED) is 0.419. The lowest BCUT2D eigenvalue weighted by Gasteiger charge is -2.06. The van der Waals surface area contributed by atoms with E-state index in [9.17, 15) is 14.9 Å². The summed E-state index contributed by atoms with van der Waals surface area (Å²) in [6.45, 7) is 2.70. The third-order valence-corrected chi connectivity index (χ3v) is 3.45. The summed E-state index contributed by atoms with van der Waals surface area (Å²) in [5.74, 6) is -0.424. The Balaban J connectivity index is 2.44. The average Bonchev–Trinajstić information content (AvgIpc) is 2.46. The van der Waals surface area contributed by atoms with E-state index in [4.69, 9.17) is 11.6 Å². The van der Waals surface area contributed by atoms with Crippen LogP contribution in [-0.2, 0) is 0 Å². The van der Waals surface area contributed by atoms with Gasteiger partial charge in [0.05, 0.1) is 4.92 Å². The summed E-state index contributed by atoms with van der Waals surface area (Å²) in [6.07, 6.45) is 6.76. The van der Waals surface area contributed by atoms with Gasteiger partial charge in [0, 0.05) is 17.6 Å². The van der Waals surface area contributed by atoms with Crippen LogP contribution in [0.1, 0.15) is 55.8 Å². The van der Waals surface area contributed by atoms with Gasteiger partial charge in [0.15, 0.2) is 0 Å². The Kier molecular flexibility index (Phi) is 7.75. The molecule has 0 aliphatic carbocycles. The van der Waals surface area contributed by atoms with Crippen LogP contribution in [0.15, 0.2) is 18.2 Å². The summed E-state index contributed by atoms with van der Waals surface area (Å²) in [6, 6.07) is 4.06. The fourth-order valence-electron chi connectivity index (χ4n) is 2.05. The fourth-order valence-corrected chi connectivity index (χ4v) is 2.22. The number of nitrogens with zero attached hydrogens (tertiary/aromatic N) is 1. The normalized spacial score (nSPS) is 10.4. The number of nitro groups is 1. The maximum Gasteiger partial charge on any atom is 0.283 e. The van der Waals surface area contributed by atoms with Crippen molar-refractivity contribution >= 4 is 23.2 Å². The Hall–Kier alpha value is -1.62. The van der Waals surface area contributed by atoms with Crippen molar-refractivity contribution < 1.29 is 9.72 Å². The van der Waals surface area contributed by atoms with Crippen LogP contribution in [0, 0.1) is 10.1 Å². The van der Waals surface area contributed by atoms with Gasteiger partial charge in [-0.25, -0.2) is 0 Å². The van der Waals surface area contributed by atoms with E-state index >= 15 is 0 Å². The molecule has 1 aromatic rings. The number of carbonyl (C=O) groups is 1. The van der Waals surface area contributed by atoms with Gasteiger partial charge in [-0.15, -0.1) is 0 Å². The van der Waals surface area contributed by atoms with Gasteiger partial charge in [0.2, 0.25) is 0 Å². The molecule has 5 nitrogen and oxygen atoms in total. The summed E-state index contributed by atoms with van der Waals surface area (Å²) < 4.78 is 0. The largest absolute Gasteiger partial charge is 0.352 e. The predicted molar refractivity (Wildman–Crippen MR) is 83.8 cm³/mol. The second kappa shape index (κ2) is 9.34. The van der Waals surface area contributed by atoms with Gasteiger partial charge in [0.25, 0.3) is 11.6 Å². The number of carbonyl (C=O) groups excluding carboxylic acids is 1. The number of rotatable bonds is 9. The van der Waals surface area contributed by atoms with E-state index in [1.807, 2.05) is 0 Å². The minimum atomic E-state index is -0.592. The number of amides is 1. The molecule has 0 fully saturated rings. The van der Waals surface area contributed by atoms with Crippen molar-refractivity contribution in [2.24, 2.45) is 0 Å². The number of unbranched alkanes of at least 4 members (excludes halogenated alkanes) is 5. The molecule has 0 aliphatic heterocycles. The second-order valence-corrected chi connectivity index (χ2v) is 5.38. The van der Waals surface area contributed by atoms with E-state index in [-0.39, 0.29) is 16.3 Å². The first-order valence-corrected chi connectivity index (χ1v) is 7.66. The average molecular weight is 313 g/mol. The first-order valence-electron chi connectivity index (χ1n) is 7.28. The van der Waals surface area contributed by atoms with Gasteiger partial charge >= 0.3 is 0 Å². The molecule has 0 radical (unpaired) electrons. The van der Waals surface area contributed by atoms with E-state index in [0.717, 1.165) is 19.3 Å². The Bertz CT molecular complexity index is 492. The highest BCUT2D eigenvalue weighted by Crippen LogP contribution is 2.23. The van der Waals surface area contributed by atoms with E-state index in [1.165, 1.54) is 37.5 Å². The molecule has 21 heavy (non-hydrogen) atoms. The maximum atomic E-state index is 12.0. The standard InChI is InChI=1S/C15H21ClN2O3/c1-2-3-4-5-6-7-10-17-15(19)13-9-8-12(16)11-14(13)18(20)21/h8-9,11H,2-7,10H2,1H3,(H,17,19). The Morgan fingerprint density at radius 3 is 2.57 bits per heavy atom. The zero-order valence-corrected chi connectivity index (χ0v) is 13.0. The van der Waals surface area contributed by atoms with E-state index in [0.29, 0.717) is 6.54 Å². The van der Waals surface area contributed by atoms with Crippen molar-refractivity contribution in [1.29, 1.82) is 0 Å². The van der Waals surface area contributed by atoms with Crippen molar-refractivity contribution in [2.75, 3.05) is 6.54 Å². The van der Waals surface area contributed by atoms with Crippen LogP contribution in [0.3, 0.4) is 0 Å². The smallest absolute Gasteiger partial charge is 0.283 e. The zero-order valence-electron chi connectivity index (χ0n) is 12.2. The Morgan fingerprint density at radius 2 is 1.90 bits per heavy atom. The molecule has 0 aliphatic rings. The maximum absolute atomic E-state index is 12.0. The van der Waals surface area contributed by atoms with Crippen LogP contribution in [0.5, 0.6) is 0 Å². The molecular weight excluding hydrogens is 292 g/mol. The third-order valence-electron chi connectivity index (χ3n) is 3.22. The molecule has 6 heteroatoms. The van der Waals surface area contributed by atoms with Crippen LogP contribution in [0.2, 0.25) is 5.02 Å². The highest BCUT2D eigenvalue weighted by Gasteiger charge is 2.19. The third kappa shape index (κ3) is 6.12. The van der Waals surface area contributed by atoms with Crippen molar-refractivity contribution in [3.63, 3.8) is 0 Å². The van der Waals surface area contributed by atoms with Crippen LogP contribution in [0.25, 0.3) is 0 Å². The van der Waals surface area contributed by atoms with E-state index in [2.05, 4.69) is 12.2 Å². The molecule has 1 amide bonds. The summed E-state index contributed by atoms with van der Waals surface area (Å²) in [5, 5.41) is 13.9. The minimum absolute atomic E-state index is 0.0513. The first-order chi connectivity index (χ1) is 10.1. The summed E-state index contributed by atoms with van der Waals surface area (Å²) in [7, 11) is 0. The molecule has 0 unspecified atom stereocenters. The van der Waals surface area contributed by atoms with Crippen LogP contribution in [0.4, 0.5) is 5.69 Å². The highest BCUT2D eigenvalue weighted by molar-refractivity contribution is 6.31. The van der Waals surface area contributed by atoms with Gasteiger partial charge in [-0.2, -0.15) is 0 Å². The summed E-state index contributed by atoms with van der Waals surface area (Å²) in [4.78, 5) is 22.3. The van der Waals surface area contributed by atoms with Gasteiger partial charge in [-0.05, 0) is 18.6 Å². The molecule has 0 atom stereocenters. The molecule has 0 saturated heterocycles. The number of hydrogen-bond donors (Lipinski definition) is 1. The van der Waals surface area contributed by atoms with Gasteiger partial charge in [-0.1, -0.05) is 50.6 Å². The van der Waals surface area contributed by atoms with Crippen molar-refractivity contribution in [3.05, 3.63) is 38.9 Å². The first kappa shape index (κ1) is 17.4. The van der Waals surface area contributed by atoms with E-state index < -0.39 is 10.8 Å². The number of hydrogen-bond acceptors (Lipinski definition) is 3. The molecule has 0 aromatic heterocycles. The van der Waals surface area contributed by atoms with E-state index in [1.54, 1.807) is 0 Å². The lowest BCUT2D eigenvalue weighted by Crippen LogP contribution is -2.25. The van der Waals surface area contributed by atoms with Crippen LogP contribution < -0.4 is 5.32 Å². The molecule has 0 bridgehead atoms. The van der Waals surface area contributed by atoms with Crippen LogP contribution >= 0.6 is 11.6 Å². The topological polar surface area (TPSA) is 72.2 Å². The monoisotopic (exact) mass is 312 g/mol. The van der Waals surface area contributed by atoms with Crippen molar-refractivity contribution in [2.45, 2.75) is 45.4 Å². The lowest BCUT2D eigenvalue weighted by atomic mass is 10.1. The Morgan fingerprint density at radius 1 is 1.24 bits per heavy atom. The SMILES string of the molecule is CCCCCCCCNC(=O)c1ccc(Cl)cc1[N+](=O)[O-]. The molecule has 0 saturated carbocycles. The molecule has 116 valence electrons. The number of nitrogens with one attached hydrogen (secondary N) is 1. The second-order valence-electron chi connectivity index (χ2n) is 4.94. The lowest BCUT2D eigenvalue weighted by molar-refractivity contribution is -0.385. The van der Waals surface area contributed by atoms with Gasteiger partial charge in [0.1, 0.15) is 5.56 Å². The molecule has 1 N–H and O–H groups in total. The predicted octanol–water partition coefficient (Wildman–Crippen LogP) is 4.34. The number of benzene rings is 1. The molecule has 1 rings (SSSR count). The minimum Gasteiger partial charge on any atom is -0.352 e. The fraction of sp³-hybridized carbons (Fsp3) is 0.533.